The highest BCUT2D eigenvalue weighted by Gasteiger charge is 2.08. The van der Waals surface area contributed by atoms with Crippen LogP contribution < -0.4 is 22.3 Å². The number of anilines is 1. The van der Waals surface area contributed by atoms with Crippen LogP contribution in [0.5, 0.6) is 0 Å². The molecule has 2 aromatic heterocycles. The Morgan fingerprint density at radius 1 is 1.44 bits per heavy atom. The predicted octanol–water partition coefficient (Wildman–Crippen LogP) is -1.36. The lowest BCUT2D eigenvalue weighted by molar-refractivity contribution is 0.590. The number of nitrogens with zero attached hydrogens (tertiary/aromatic N) is 3. The first-order valence-electron chi connectivity index (χ1n) is 5.84. The molecule has 8 nitrogen and oxygen atoms in total. The number of aryl methyl sites for hydroxylation is 1. The molecule has 2 rings (SSSR count). The van der Waals surface area contributed by atoms with Crippen molar-refractivity contribution in [1.29, 1.82) is 0 Å². The number of rotatable bonds is 6. The average Bonchev–Trinajstić information content (AvgIpc) is 2.72. The van der Waals surface area contributed by atoms with Crippen LogP contribution in [-0.4, -0.2) is 39.2 Å². The minimum Gasteiger partial charge on any atom is -0.369 e. The van der Waals surface area contributed by atoms with Crippen molar-refractivity contribution < 1.29 is 0 Å². The first kappa shape index (κ1) is 12.5. The molecule has 0 amide bonds. The lowest BCUT2D eigenvalue weighted by atomic mass is 10.4. The maximum Gasteiger partial charge on any atom is 0.280 e. The van der Waals surface area contributed by atoms with E-state index in [1.165, 1.54) is 0 Å². The molecule has 0 saturated carbocycles. The van der Waals surface area contributed by atoms with Crippen LogP contribution in [0.3, 0.4) is 0 Å². The van der Waals surface area contributed by atoms with Crippen molar-refractivity contribution in [2.75, 3.05) is 25.4 Å². The number of hydrogen-bond donors (Lipinski definition) is 4. The van der Waals surface area contributed by atoms with Crippen LogP contribution in [0.2, 0.25) is 0 Å². The van der Waals surface area contributed by atoms with Crippen molar-refractivity contribution in [3.05, 3.63) is 16.7 Å². The van der Waals surface area contributed by atoms with E-state index in [1.807, 2.05) is 4.57 Å². The molecule has 0 spiro atoms. The summed E-state index contributed by atoms with van der Waals surface area (Å²) in [6, 6.07) is 0. The van der Waals surface area contributed by atoms with Gasteiger partial charge in [-0.15, -0.1) is 0 Å². The van der Waals surface area contributed by atoms with Crippen LogP contribution in [0.1, 0.15) is 6.42 Å². The Bertz CT molecular complexity index is 573. The molecule has 0 aliphatic rings. The molecular formula is C10H17N7O. The van der Waals surface area contributed by atoms with Gasteiger partial charge in [0, 0.05) is 19.6 Å². The van der Waals surface area contributed by atoms with Crippen LogP contribution in [0, 0.1) is 0 Å². The first-order chi connectivity index (χ1) is 8.72. The minimum atomic E-state index is -0.308. The van der Waals surface area contributed by atoms with E-state index in [-0.39, 0.29) is 11.5 Å². The summed E-state index contributed by atoms with van der Waals surface area (Å²) in [6.45, 7) is 3.01. The fourth-order valence-corrected chi connectivity index (χ4v) is 1.74. The van der Waals surface area contributed by atoms with Crippen LogP contribution in [0.4, 0.5) is 5.95 Å². The van der Waals surface area contributed by atoms with E-state index < -0.39 is 0 Å². The number of hydrogen-bond acceptors (Lipinski definition) is 6. The number of nitrogen functional groups attached to an aromatic ring is 1. The Balaban J connectivity index is 2.07. The number of fused-ring (bicyclic) bond motifs is 1. The number of imidazole rings is 1. The van der Waals surface area contributed by atoms with Crippen LogP contribution in [0.25, 0.3) is 11.2 Å². The summed E-state index contributed by atoms with van der Waals surface area (Å²) in [5.41, 5.74) is 11.4. The van der Waals surface area contributed by atoms with E-state index in [4.69, 9.17) is 11.5 Å². The second kappa shape index (κ2) is 5.61. The SMILES string of the molecule is NCCNCCCn1cnc2c(=O)[nH]c(N)nc21. The molecular weight excluding hydrogens is 234 g/mol. The third-order valence-electron chi connectivity index (χ3n) is 2.57. The van der Waals surface area contributed by atoms with Gasteiger partial charge in [-0.1, -0.05) is 0 Å². The zero-order valence-electron chi connectivity index (χ0n) is 10.0. The Kier molecular flexibility index (Phi) is 3.90. The largest absolute Gasteiger partial charge is 0.369 e. The zero-order valence-corrected chi connectivity index (χ0v) is 10.0. The third-order valence-corrected chi connectivity index (χ3v) is 2.57. The minimum absolute atomic E-state index is 0.107. The number of nitrogens with one attached hydrogen (secondary N) is 2. The van der Waals surface area contributed by atoms with Gasteiger partial charge in [-0.25, -0.2) is 4.98 Å². The second-order valence-corrected chi connectivity index (χ2v) is 3.95. The molecule has 0 saturated heterocycles. The maximum atomic E-state index is 11.6. The van der Waals surface area contributed by atoms with Gasteiger partial charge in [0.25, 0.3) is 5.56 Å². The van der Waals surface area contributed by atoms with Gasteiger partial charge in [0.15, 0.2) is 11.2 Å². The molecule has 0 aliphatic heterocycles. The van der Waals surface area contributed by atoms with Crippen molar-refractivity contribution in [3.8, 4) is 0 Å². The van der Waals surface area contributed by atoms with E-state index in [0.717, 1.165) is 26.1 Å². The molecule has 0 aliphatic carbocycles. The fourth-order valence-electron chi connectivity index (χ4n) is 1.74. The molecule has 0 aromatic carbocycles. The number of nitrogens with two attached hydrogens (primary N) is 2. The van der Waals surface area contributed by atoms with E-state index in [1.54, 1.807) is 6.33 Å². The van der Waals surface area contributed by atoms with E-state index in [0.29, 0.717) is 17.7 Å². The summed E-state index contributed by atoms with van der Waals surface area (Å²) >= 11 is 0. The summed E-state index contributed by atoms with van der Waals surface area (Å²) in [7, 11) is 0. The van der Waals surface area contributed by atoms with Gasteiger partial charge in [-0.3, -0.25) is 9.78 Å². The van der Waals surface area contributed by atoms with Gasteiger partial charge in [0.1, 0.15) is 0 Å². The highest BCUT2D eigenvalue weighted by molar-refractivity contribution is 5.70. The third kappa shape index (κ3) is 2.66. The molecule has 18 heavy (non-hydrogen) atoms. The molecule has 0 radical (unpaired) electrons. The van der Waals surface area contributed by atoms with E-state index >= 15 is 0 Å². The Hall–Kier alpha value is -1.93. The van der Waals surface area contributed by atoms with Gasteiger partial charge >= 0.3 is 0 Å². The van der Waals surface area contributed by atoms with Crippen molar-refractivity contribution in [1.82, 2.24) is 24.8 Å². The molecule has 2 aromatic rings. The number of aromatic nitrogens is 4. The van der Waals surface area contributed by atoms with Crippen LogP contribution in [0.15, 0.2) is 11.1 Å². The Morgan fingerprint density at radius 2 is 2.28 bits per heavy atom. The average molecular weight is 251 g/mol. The molecule has 0 fully saturated rings. The topological polar surface area (TPSA) is 128 Å². The van der Waals surface area contributed by atoms with Gasteiger partial charge in [0.05, 0.1) is 6.33 Å². The van der Waals surface area contributed by atoms with Crippen molar-refractivity contribution in [2.45, 2.75) is 13.0 Å². The van der Waals surface area contributed by atoms with E-state index in [2.05, 4.69) is 20.3 Å². The molecule has 6 N–H and O–H groups in total. The van der Waals surface area contributed by atoms with E-state index in [9.17, 15) is 4.79 Å². The lowest BCUT2D eigenvalue weighted by Crippen LogP contribution is -2.24. The monoisotopic (exact) mass is 251 g/mol. The quantitative estimate of drug-likeness (QED) is 0.469. The highest BCUT2D eigenvalue weighted by atomic mass is 16.1. The van der Waals surface area contributed by atoms with Crippen LogP contribution in [-0.2, 0) is 6.54 Å². The summed E-state index contributed by atoms with van der Waals surface area (Å²) in [4.78, 5) is 22.1. The first-order valence-corrected chi connectivity index (χ1v) is 5.84. The van der Waals surface area contributed by atoms with Crippen molar-refractivity contribution in [3.63, 3.8) is 0 Å². The maximum absolute atomic E-state index is 11.6. The Morgan fingerprint density at radius 3 is 3.06 bits per heavy atom. The van der Waals surface area contributed by atoms with Crippen molar-refractivity contribution in [2.24, 2.45) is 5.73 Å². The predicted molar refractivity (Wildman–Crippen MR) is 69.1 cm³/mol. The molecule has 2 heterocycles. The molecule has 0 atom stereocenters. The summed E-state index contributed by atoms with van der Waals surface area (Å²) in [6.07, 6.45) is 2.51. The molecule has 0 unspecified atom stereocenters. The Labute approximate surface area is 103 Å². The molecule has 8 heteroatoms. The summed E-state index contributed by atoms with van der Waals surface area (Å²) in [5, 5.41) is 3.20. The normalized spacial score (nSPS) is 11.2. The smallest absolute Gasteiger partial charge is 0.280 e. The summed E-state index contributed by atoms with van der Waals surface area (Å²) < 4.78 is 1.82. The molecule has 98 valence electrons. The van der Waals surface area contributed by atoms with Crippen molar-refractivity contribution >= 4 is 17.1 Å². The number of aromatic amines is 1. The zero-order chi connectivity index (χ0) is 13.0. The van der Waals surface area contributed by atoms with Gasteiger partial charge in [-0.2, -0.15) is 4.98 Å². The lowest BCUT2D eigenvalue weighted by Gasteiger charge is -2.04. The fraction of sp³-hybridized carbons (Fsp3) is 0.500. The van der Waals surface area contributed by atoms with Crippen LogP contribution >= 0.6 is 0 Å². The second-order valence-electron chi connectivity index (χ2n) is 3.95. The summed E-state index contributed by atoms with van der Waals surface area (Å²) in [5.74, 6) is 0.107. The van der Waals surface area contributed by atoms with Gasteiger partial charge in [0.2, 0.25) is 5.95 Å². The number of H-pyrrole nitrogens is 1. The highest BCUT2D eigenvalue weighted by Crippen LogP contribution is 2.06. The standard InChI is InChI=1S/C10H17N7O/c11-2-4-13-3-1-5-17-6-14-7-8(17)15-10(12)16-9(7)18/h6,13H,1-5,11H2,(H3,12,15,16,18). The van der Waals surface area contributed by atoms with Gasteiger partial charge in [-0.05, 0) is 13.0 Å². The van der Waals surface area contributed by atoms with Gasteiger partial charge < -0.3 is 21.4 Å². The molecule has 0 bridgehead atoms.